The summed E-state index contributed by atoms with van der Waals surface area (Å²) in [6.07, 6.45) is 0.932. The van der Waals surface area contributed by atoms with Crippen LogP contribution in [0.5, 0.6) is 5.75 Å². The minimum absolute atomic E-state index is 0.629. The van der Waals surface area contributed by atoms with E-state index in [9.17, 15) is 0 Å². The van der Waals surface area contributed by atoms with Gasteiger partial charge < -0.3 is 9.64 Å². The van der Waals surface area contributed by atoms with Crippen molar-refractivity contribution in [3.63, 3.8) is 0 Å². The standard InChI is InChI=1S/C18H20N2O/c1-15-6-3-8-17(12-15)20(2)10-5-11-21-18-9-4-7-16(13-18)14-19/h3-4,6-9,12-13H,5,10-11H2,1-2H3. The fourth-order valence-corrected chi connectivity index (χ4v) is 2.14. The molecule has 0 spiro atoms. The van der Waals surface area contributed by atoms with Gasteiger partial charge in [0.05, 0.1) is 18.2 Å². The van der Waals surface area contributed by atoms with Gasteiger partial charge in [-0.2, -0.15) is 5.26 Å². The number of anilines is 1. The van der Waals surface area contributed by atoms with Crippen LogP contribution in [-0.2, 0) is 0 Å². The summed E-state index contributed by atoms with van der Waals surface area (Å²) in [5.41, 5.74) is 3.12. The Kier molecular flexibility index (Phi) is 5.22. The smallest absolute Gasteiger partial charge is 0.120 e. The molecule has 0 fully saturated rings. The highest BCUT2D eigenvalue weighted by Gasteiger charge is 2.01. The van der Waals surface area contributed by atoms with E-state index in [2.05, 4.69) is 49.2 Å². The minimum Gasteiger partial charge on any atom is -0.493 e. The molecule has 0 aromatic heterocycles. The molecule has 0 amide bonds. The van der Waals surface area contributed by atoms with Crippen LogP contribution in [0.1, 0.15) is 17.5 Å². The summed E-state index contributed by atoms with van der Waals surface area (Å²) in [6, 6.07) is 17.8. The van der Waals surface area contributed by atoms with E-state index in [1.54, 1.807) is 12.1 Å². The topological polar surface area (TPSA) is 36.3 Å². The highest BCUT2D eigenvalue weighted by Crippen LogP contribution is 2.15. The Labute approximate surface area is 126 Å². The highest BCUT2D eigenvalue weighted by molar-refractivity contribution is 5.47. The van der Waals surface area contributed by atoms with E-state index in [0.717, 1.165) is 18.7 Å². The lowest BCUT2D eigenvalue weighted by atomic mass is 10.2. The summed E-state index contributed by atoms with van der Waals surface area (Å²) in [5, 5.41) is 8.84. The normalized spacial score (nSPS) is 9.95. The van der Waals surface area contributed by atoms with Crippen LogP contribution in [0.15, 0.2) is 48.5 Å². The van der Waals surface area contributed by atoms with Crippen molar-refractivity contribution in [1.29, 1.82) is 5.26 Å². The molecule has 3 heteroatoms. The molecule has 0 saturated heterocycles. The molecule has 0 unspecified atom stereocenters. The van der Waals surface area contributed by atoms with Gasteiger partial charge >= 0.3 is 0 Å². The number of hydrogen-bond acceptors (Lipinski definition) is 3. The highest BCUT2D eigenvalue weighted by atomic mass is 16.5. The van der Waals surface area contributed by atoms with Gasteiger partial charge in [0, 0.05) is 19.3 Å². The number of nitrogens with zero attached hydrogens (tertiary/aromatic N) is 2. The van der Waals surface area contributed by atoms with E-state index in [1.807, 2.05) is 12.1 Å². The molecule has 0 heterocycles. The van der Waals surface area contributed by atoms with Crippen LogP contribution in [0.2, 0.25) is 0 Å². The Balaban J connectivity index is 1.78. The number of benzene rings is 2. The van der Waals surface area contributed by atoms with Crippen molar-refractivity contribution < 1.29 is 4.74 Å². The summed E-state index contributed by atoms with van der Waals surface area (Å²) in [6.45, 7) is 3.68. The Morgan fingerprint density at radius 2 is 1.95 bits per heavy atom. The third-order valence-corrected chi connectivity index (χ3v) is 3.31. The van der Waals surface area contributed by atoms with Crippen molar-refractivity contribution in [3.05, 3.63) is 59.7 Å². The predicted octanol–water partition coefficient (Wildman–Crippen LogP) is 3.77. The zero-order chi connectivity index (χ0) is 15.1. The first kappa shape index (κ1) is 14.9. The van der Waals surface area contributed by atoms with Gasteiger partial charge in [0.25, 0.3) is 0 Å². The molecule has 2 aromatic rings. The fourth-order valence-electron chi connectivity index (χ4n) is 2.14. The first-order chi connectivity index (χ1) is 10.2. The van der Waals surface area contributed by atoms with Crippen LogP contribution in [0.25, 0.3) is 0 Å². The quantitative estimate of drug-likeness (QED) is 0.756. The molecule has 0 bridgehead atoms. The largest absolute Gasteiger partial charge is 0.493 e. The molecule has 0 aliphatic heterocycles. The number of hydrogen-bond donors (Lipinski definition) is 0. The third-order valence-electron chi connectivity index (χ3n) is 3.31. The molecule has 3 nitrogen and oxygen atoms in total. The molecular weight excluding hydrogens is 260 g/mol. The van der Waals surface area contributed by atoms with E-state index in [-0.39, 0.29) is 0 Å². The van der Waals surface area contributed by atoms with Crippen LogP contribution in [0.3, 0.4) is 0 Å². The molecule has 21 heavy (non-hydrogen) atoms. The lowest BCUT2D eigenvalue weighted by Crippen LogP contribution is -2.20. The molecule has 0 atom stereocenters. The Morgan fingerprint density at radius 1 is 1.14 bits per heavy atom. The second-order valence-corrected chi connectivity index (χ2v) is 5.10. The Morgan fingerprint density at radius 3 is 2.71 bits per heavy atom. The van der Waals surface area contributed by atoms with Crippen molar-refractivity contribution in [2.45, 2.75) is 13.3 Å². The van der Waals surface area contributed by atoms with Crippen LogP contribution in [-0.4, -0.2) is 20.2 Å². The second-order valence-electron chi connectivity index (χ2n) is 5.10. The van der Waals surface area contributed by atoms with Crippen molar-refractivity contribution >= 4 is 5.69 Å². The summed E-state index contributed by atoms with van der Waals surface area (Å²) in [4.78, 5) is 2.22. The minimum atomic E-state index is 0.629. The molecular formula is C18H20N2O. The summed E-state index contributed by atoms with van der Waals surface area (Å²) < 4.78 is 5.68. The molecule has 0 saturated carbocycles. The van der Waals surface area contributed by atoms with Gasteiger partial charge in [-0.3, -0.25) is 0 Å². The number of aryl methyl sites for hydroxylation is 1. The van der Waals surface area contributed by atoms with Crippen LogP contribution in [0, 0.1) is 18.3 Å². The fraction of sp³-hybridized carbons (Fsp3) is 0.278. The van der Waals surface area contributed by atoms with Gasteiger partial charge in [-0.25, -0.2) is 0 Å². The zero-order valence-corrected chi connectivity index (χ0v) is 12.5. The second kappa shape index (κ2) is 7.35. The summed E-state index contributed by atoms with van der Waals surface area (Å²) >= 11 is 0. The van der Waals surface area contributed by atoms with Crippen molar-refractivity contribution in [3.8, 4) is 11.8 Å². The SMILES string of the molecule is Cc1cccc(N(C)CCCOc2cccc(C#N)c2)c1. The van der Waals surface area contributed by atoms with Gasteiger partial charge in [-0.15, -0.1) is 0 Å². The Bertz CT molecular complexity index is 631. The van der Waals surface area contributed by atoms with E-state index in [4.69, 9.17) is 10.00 Å². The molecule has 2 aromatic carbocycles. The monoisotopic (exact) mass is 280 g/mol. The maximum absolute atomic E-state index is 8.84. The summed E-state index contributed by atoms with van der Waals surface area (Å²) in [5.74, 6) is 0.757. The maximum atomic E-state index is 8.84. The average Bonchev–Trinajstić information content (AvgIpc) is 2.51. The Hall–Kier alpha value is -2.47. The lowest BCUT2D eigenvalue weighted by Gasteiger charge is -2.19. The van der Waals surface area contributed by atoms with E-state index >= 15 is 0 Å². The lowest BCUT2D eigenvalue weighted by molar-refractivity contribution is 0.312. The van der Waals surface area contributed by atoms with E-state index in [0.29, 0.717) is 12.2 Å². The molecule has 108 valence electrons. The van der Waals surface area contributed by atoms with Crippen molar-refractivity contribution in [2.75, 3.05) is 25.1 Å². The first-order valence-electron chi connectivity index (χ1n) is 7.10. The van der Waals surface area contributed by atoms with Gasteiger partial charge in [0.2, 0.25) is 0 Å². The molecule has 0 aliphatic rings. The first-order valence-corrected chi connectivity index (χ1v) is 7.10. The van der Waals surface area contributed by atoms with Gasteiger partial charge in [-0.1, -0.05) is 18.2 Å². The average molecular weight is 280 g/mol. The van der Waals surface area contributed by atoms with E-state index in [1.165, 1.54) is 11.3 Å². The molecule has 0 N–H and O–H groups in total. The van der Waals surface area contributed by atoms with Gasteiger partial charge in [-0.05, 0) is 49.2 Å². The molecule has 2 rings (SSSR count). The maximum Gasteiger partial charge on any atom is 0.120 e. The predicted molar refractivity (Wildman–Crippen MR) is 85.7 cm³/mol. The zero-order valence-electron chi connectivity index (χ0n) is 12.5. The summed E-state index contributed by atoms with van der Waals surface area (Å²) in [7, 11) is 2.09. The number of rotatable bonds is 6. The van der Waals surface area contributed by atoms with Gasteiger partial charge in [0.15, 0.2) is 0 Å². The third kappa shape index (κ3) is 4.54. The van der Waals surface area contributed by atoms with Crippen LogP contribution >= 0.6 is 0 Å². The van der Waals surface area contributed by atoms with Crippen LogP contribution < -0.4 is 9.64 Å². The van der Waals surface area contributed by atoms with Gasteiger partial charge in [0.1, 0.15) is 5.75 Å². The number of nitriles is 1. The van der Waals surface area contributed by atoms with Crippen molar-refractivity contribution in [2.24, 2.45) is 0 Å². The van der Waals surface area contributed by atoms with Crippen LogP contribution in [0.4, 0.5) is 5.69 Å². The van der Waals surface area contributed by atoms with Crippen molar-refractivity contribution in [1.82, 2.24) is 0 Å². The van der Waals surface area contributed by atoms with E-state index < -0.39 is 0 Å². The molecule has 0 radical (unpaired) electrons. The number of ether oxygens (including phenoxy) is 1. The molecule has 0 aliphatic carbocycles.